The monoisotopic (exact) mass is 326 g/mol. The number of aryl methyl sites for hydroxylation is 1. The largest absolute Gasteiger partial charge is 0.383 e. The fourth-order valence-corrected chi connectivity index (χ4v) is 1.70. The lowest BCUT2D eigenvalue weighted by Crippen LogP contribution is -2.00. The lowest BCUT2D eigenvalue weighted by molar-refractivity contribution is 1.08. The van der Waals surface area contributed by atoms with Crippen LogP contribution in [0.1, 0.15) is 12.5 Å². The minimum atomic E-state index is 0.518. The summed E-state index contributed by atoms with van der Waals surface area (Å²) in [6.07, 6.45) is 6.22. The highest BCUT2D eigenvalue weighted by atomic mass is 127. The van der Waals surface area contributed by atoms with Crippen LogP contribution in [0.4, 0.5) is 5.82 Å². The van der Waals surface area contributed by atoms with Crippen LogP contribution in [-0.2, 0) is 6.42 Å². The molecule has 16 heavy (non-hydrogen) atoms. The average molecular weight is 326 g/mol. The zero-order valence-corrected chi connectivity index (χ0v) is 11.0. The van der Waals surface area contributed by atoms with Crippen molar-refractivity contribution in [1.29, 1.82) is 0 Å². The SMILES string of the molecule is CCc1cnccc1-c1ncc(I)c(N)n1. The average Bonchev–Trinajstić information content (AvgIpc) is 2.32. The summed E-state index contributed by atoms with van der Waals surface area (Å²) < 4.78 is 0.869. The van der Waals surface area contributed by atoms with Gasteiger partial charge in [-0.2, -0.15) is 0 Å². The molecule has 0 spiro atoms. The van der Waals surface area contributed by atoms with Gasteiger partial charge in [0.1, 0.15) is 5.82 Å². The summed E-state index contributed by atoms with van der Waals surface area (Å²) in [6.45, 7) is 2.08. The van der Waals surface area contributed by atoms with Crippen molar-refractivity contribution in [3.8, 4) is 11.4 Å². The number of anilines is 1. The molecule has 0 fully saturated rings. The second-order valence-corrected chi connectivity index (χ2v) is 4.48. The van der Waals surface area contributed by atoms with Crippen molar-refractivity contribution >= 4 is 28.4 Å². The summed E-state index contributed by atoms with van der Waals surface area (Å²) >= 11 is 2.12. The van der Waals surface area contributed by atoms with E-state index >= 15 is 0 Å². The van der Waals surface area contributed by atoms with E-state index in [4.69, 9.17) is 5.73 Å². The number of nitrogen functional groups attached to an aromatic ring is 1. The number of halogens is 1. The predicted octanol–water partition coefficient (Wildman–Crippen LogP) is 2.29. The minimum Gasteiger partial charge on any atom is -0.383 e. The predicted molar refractivity (Wildman–Crippen MR) is 71.8 cm³/mol. The quantitative estimate of drug-likeness (QED) is 0.860. The van der Waals surface area contributed by atoms with Crippen molar-refractivity contribution in [3.63, 3.8) is 0 Å². The molecule has 0 saturated heterocycles. The van der Waals surface area contributed by atoms with E-state index < -0.39 is 0 Å². The van der Waals surface area contributed by atoms with Crippen LogP contribution in [0.5, 0.6) is 0 Å². The number of pyridine rings is 1. The van der Waals surface area contributed by atoms with Crippen LogP contribution in [0.3, 0.4) is 0 Å². The van der Waals surface area contributed by atoms with Crippen molar-refractivity contribution in [2.24, 2.45) is 0 Å². The van der Waals surface area contributed by atoms with Crippen LogP contribution in [0.25, 0.3) is 11.4 Å². The van der Waals surface area contributed by atoms with Gasteiger partial charge in [0.25, 0.3) is 0 Å². The second kappa shape index (κ2) is 4.73. The molecule has 0 atom stereocenters. The van der Waals surface area contributed by atoms with Gasteiger partial charge in [0.2, 0.25) is 0 Å². The van der Waals surface area contributed by atoms with Gasteiger partial charge in [-0.3, -0.25) is 4.98 Å². The Morgan fingerprint density at radius 2 is 2.19 bits per heavy atom. The van der Waals surface area contributed by atoms with Crippen molar-refractivity contribution in [3.05, 3.63) is 33.8 Å². The fourth-order valence-electron chi connectivity index (χ4n) is 1.44. The molecule has 0 aliphatic heterocycles. The molecule has 0 aromatic carbocycles. The molecule has 0 aliphatic rings. The Bertz CT molecular complexity index is 513. The maximum Gasteiger partial charge on any atom is 0.161 e. The van der Waals surface area contributed by atoms with Crippen LogP contribution in [0.2, 0.25) is 0 Å². The number of nitrogens with two attached hydrogens (primary N) is 1. The minimum absolute atomic E-state index is 0.518. The van der Waals surface area contributed by atoms with E-state index in [-0.39, 0.29) is 0 Å². The number of nitrogens with zero attached hydrogens (tertiary/aromatic N) is 3. The molecule has 5 heteroatoms. The Balaban J connectivity index is 2.54. The maximum atomic E-state index is 5.78. The lowest BCUT2D eigenvalue weighted by Gasteiger charge is -2.06. The van der Waals surface area contributed by atoms with Crippen molar-refractivity contribution in [2.75, 3.05) is 5.73 Å². The first kappa shape index (κ1) is 11.3. The highest BCUT2D eigenvalue weighted by Crippen LogP contribution is 2.21. The Morgan fingerprint density at radius 3 is 2.88 bits per heavy atom. The molecular weight excluding hydrogens is 315 g/mol. The molecule has 2 rings (SSSR count). The molecule has 0 radical (unpaired) electrons. The van der Waals surface area contributed by atoms with E-state index in [1.165, 1.54) is 0 Å². The highest BCUT2D eigenvalue weighted by molar-refractivity contribution is 14.1. The Labute approximate surface area is 107 Å². The maximum absolute atomic E-state index is 5.78. The molecule has 0 amide bonds. The number of aromatic nitrogens is 3. The summed E-state index contributed by atoms with van der Waals surface area (Å²) in [5, 5.41) is 0. The van der Waals surface area contributed by atoms with Crippen LogP contribution in [0, 0.1) is 3.57 Å². The van der Waals surface area contributed by atoms with Crippen molar-refractivity contribution in [2.45, 2.75) is 13.3 Å². The topological polar surface area (TPSA) is 64.7 Å². The zero-order chi connectivity index (χ0) is 11.5. The molecule has 0 saturated carbocycles. The van der Waals surface area contributed by atoms with Gasteiger partial charge in [-0.1, -0.05) is 6.92 Å². The van der Waals surface area contributed by atoms with E-state index in [0.29, 0.717) is 11.6 Å². The van der Waals surface area contributed by atoms with E-state index in [1.54, 1.807) is 12.4 Å². The molecule has 4 nitrogen and oxygen atoms in total. The van der Waals surface area contributed by atoms with Gasteiger partial charge in [-0.15, -0.1) is 0 Å². The van der Waals surface area contributed by atoms with Gasteiger partial charge in [0.05, 0.1) is 3.57 Å². The van der Waals surface area contributed by atoms with Crippen molar-refractivity contribution < 1.29 is 0 Å². The molecule has 0 unspecified atom stereocenters. The molecule has 2 aromatic rings. The van der Waals surface area contributed by atoms with E-state index in [0.717, 1.165) is 21.1 Å². The van der Waals surface area contributed by atoms with Gasteiger partial charge >= 0.3 is 0 Å². The van der Waals surface area contributed by atoms with Crippen LogP contribution in [-0.4, -0.2) is 15.0 Å². The smallest absolute Gasteiger partial charge is 0.161 e. The second-order valence-electron chi connectivity index (χ2n) is 3.31. The first-order chi connectivity index (χ1) is 7.72. The number of rotatable bonds is 2. The van der Waals surface area contributed by atoms with Gasteiger partial charge in [0, 0.05) is 24.2 Å². The Kier molecular flexibility index (Phi) is 3.33. The van der Waals surface area contributed by atoms with Gasteiger partial charge in [-0.05, 0) is 40.6 Å². The summed E-state index contributed by atoms with van der Waals surface area (Å²) in [5.41, 5.74) is 7.90. The van der Waals surface area contributed by atoms with E-state index in [2.05, 4.69) is 44.5 Å². The third-order valence-corrected chi connectivity index (χ3v) is 3.13. The van der Waals surface area contributed by atoms with E-state index in [1.807, 2.05) is 12.3 Å². The van der Waals surface area contributed by atoms with Crippen molar-refractivity contribution in [1.82, 2.24) is 15.0 Å². The Morgan fingerprint density at radius 1 is 1.38 bits per heavy atom. The van der Waals surface area contributed by atoms with Crippen LogP contribution < -0.4 is 5.73 Å². The molecule has 82 valence electrons. The molecule has 2 heterocycles. The zero-order valence-electron chi connectivity index (χ0n) is 8.81. The third kappa shape index (κ3) is 2.13. The number of hydrogen-bond donors (Lipinski definition) is 1. The number of hydrogen-bond acceptors (Lipinski definition) is 4. The van der Waals surface area contributed by atoms with Gasteiger partial charge in [0.15, 0.2) is 5.82 Å². The lowest BCUT2D eigenvalue weighted by atomic mass is 10.1. The third-order valence-electron chi connectivity index (χ3n) is 2.30. The highest BCUT2D eigenvalue weighted by Gasteiger charge is 2.08. The molecule has 2 N–H and O–H groups in total. The van der Waals surface area contributed by atoms with Crippen LogP contribution in [0.15, 0.2) is 24.7 Å². The van der Waals surface area contributed by atoms with Gasteiger partial charge < -0.3 is 5.73 Å². The molecule has 0 aliphatic carbocycles. The summed E-state index contributed by atoms with van der Waals surface area (Å²) in [4.78, 5) is 12.7. The van der Waals surface area contributed by atoms with Crippen LogP contribution >= 0.6 is 22.6 Å². The fraction of sp³-hybridized carbons (Fsp3) is 0.182. The first-order valence-corrected chi connectivity index (χ1v) is 6.01. The summed E-state index contributed by atoms with van der Waals surface area (Å²) in [6, 6.07) is 1.92. The standard InChI is InChI=1S/C11H11IN4/c1-2-7-5-14-4-3-8(7)11-15-6-9(12)10(13)16-11/h3-6H,2H2,1H3,(H2,13,15,16). The van der Waals surface area contributed by atoms with E-state index in [9.17, 15) is 0 Å². The van der Waals surface area contributed by atoms with Gasteiger partial charge in [-0.25, -0.2) is 9.97 Å². The normalized spacial score (nSPS) is 10.4. The molecule has 0 bridgehead atoms. The Hall–Kier alpha value is -1.24. The molecule has 2 aromatic heterocycles. The summed E-state index contributed by atoms with van der Waals surface area (Å²) in [5.74, 6) is 1.18. The summed E-state index contributed by atoms with van der Waals surface area (Å²) in [7, 11) is 0. The molecular formula is C11H11IN4. The first-order valence-electron chi connectivity index (χ1n) is 4.93.